The van der Waals surface area contributed by atoms with Crippen LogP contribution in [0.25, 0.3) is 0 Å². The number of rotatable bonds is 2. The van der Waals surface area contributed by atoms with Gasteiger partial charge in [0.15, 0.2) is 5.78 Å². The molecule has 0 atom stereocenters. The van der Waals surface area contributed by atoms with Crippen LogP contribution in [0.5, 0.6) is 5.75 Å². The number of ketones is 1. The Labute approximate surface area is 81.1 Å². The number of nitrogens with two attached hydrogens (primary N) is 1. The van der Waals surface area contributed by atoms with E-state index in [1.165, 1.54) is 6.07 Å². The van der Waals surface area contributed by atoms with Crippen LogP contribution in [-0.2, 0) is 0 Å². The second-order valence-corrected chi connectivity index (χ2v) is 3.00. The molecule has 3 N–H and O–H groups in total. The first-order chi connectivity index (χ1) is 6.07. The van der Waals surface area contributed by atoms with Crippen LogP contribution >= 0.6 is 11.6 Å². The molecule has 0 fully saturated rings. The minimum atomic E-state index is -0.316. The lowest BCUT2D eigenvalue weighted by atomic mass is 10.0. The van der Waals surface area contributed by atoms with E-state index in [4.69, 9.17) is 17.3 Å². The third-order valence-corrected chi connectivity index (χ3v) is 2.13. The number of phenols is 1. The Bertz CT molecular complexity index is 350. The van der Waals surface area contributed by atoms with Gasteiger partial charge in [0.1, 0.15) is 5.75 Å². The molecule has 0 amide bonds. The van der Waals surface area contributed by atoms with Crippen LogP contribution < -0.4 is 5.73 Å². The molecule has 0 saturated heterocycles. The lowest BCUT2D eigenvalue weighted by Gasteiger charge is -2.07. The van der Waals surface area contributed by atoms with Crippen LogP contribution in [0.2, 0.25) is 0 Å². The van der Waals surface area contributed by atoms with Crippen LogP contribution in [0.15, 0.2) is 12.1 Å². The van der Waals surface area contributed by atoms with Gasteiger partial charge in [-0.2, -0.15) is 0 Å². The number of carbonyl (C=O) groups excluding carboxylic acids is 1. The van der Waals surface area contributed by atoms with Gasteiger partial charge in [-0.1, -0.05) is 0 Å². The average Bonchev–Trinajstić information content (AvgIpc) is 2.12. The highest BCUT2D eigenvalue weighted by Gasteiger charge is 2.14. The summed E-state index contributed by atoms with van der Waals surface area (Å²) in [6.07, 6.45) is 0. The lowest BCUT2D eigenvalue weighted by molar-refractivity contribution is 0.101. The van der Waals surface area contributed by atoms with Crippen molar-refractivity contribution in [3.8, 4) is 5.75 Å². The average molecular weight is 200 g/mol. The van der Waals surface area contributed by atoms with Crippen molar-refractivity contribution in [2.45, 2.75) is 6.92 Å². The van der Waals surface area contributed by atoms with Crippen LogP contribution in [0, 0.1) is 6.92 Å². The summed E-state index contributed by atoms with van der Waals surface area (Å²) in [5.74, 6) is -0.543. The Morgan fingerprint density at radius 2 is 2.23 bits per heavy atom. The van der Waals surface area contributed by atoms with Crippen LogP contribution in [0.4, 0.5) is 5.69 Å². The summed E-state index contributed by atoms with van der Waals surface area (Å²) in [6.45, 7) is 1.68. The van der Waals surface area contributed by atoms with Gasteiger partial charge in [0.05, 0.1) is 11.4 Å². The van der Waals surface area contributed by atoms with E-state index in [1.54, 1.807) is 13.0 Å². The zero-order chi connectivity index (χ0) is 10.0. The summed E-state index contributed by atoms with van der Waals surface area (Å²) in [6, 6.07) is 2.94. The summed E-state index contributed by atoms with van der Waals surface area (Å²) in [7, 11) is 0. The van der Waals surface area contributed by atoms with E-state index < -0.39 is 0 Å². The molecule has 1 aromatic rings. The molecule has 0 aliphatic carbocycles. The maximum Gasteiger partial charge on any atom is 0.181 e. The molecule has 0 aromatic heterocycles. The summed E-state index contributed by atoms with van der Waals surface area (Å²) in [5.41, 5.74) is 6.85. The molecule has 4 heteroatoms. The van der Waals surface area contributed by atoms with Crippen molar-refractivity contribution < 1.29 is 9.90 Å². The highest BCUT2D eigenvalue weighted by Crippen LogP contribution is 2.26. The van der Waals surface area contributed by atoms with Gasteiger partial charge in [-0.25, -0.2) is 0 Å². The molecule has 1 rings (SSSR count). The number of benzene rings is 1. The summed E-state index contributed by atoms with van der Waals surface area (Å²) in [5, 5.41) is 9.38. The van der Waals surface area contributed by atoms with Crippen molar-refractivity contribution in [2.75, 3.05) is 11.6 Å². The molecule has 70 valence electrons. The first kappa shape index (κ1) is 9.86. The van der Waals surface area contributed by atoms with Crippen molar-refractivity contribution in [1.29, 1.82) is 0 Å². The third kappa shape index (κ3) is 1.75. The van der Waals surface area contributed by atoms with E-state index in [-0.39, 0.29) is 23.0 Å². The Morgan fingerprint density at radius 3 is 2.77 bits per heavy atom. The van der Waals surface area contributed by atoms with Crippen molar-refractivity contribution >= 4 is 23.1 Å². The molecule has 0 radical (unpaired) electrons. The topological polar surface area (TPSA) is 63.3 Å². The largest absolute Gasteiger partial charge is 0.507 e. The number of hydrogen-bond acceptors (Lipinski definition) is 3. The van der Waals surface area contributed by atoms with Crippen molar-refractivity contribution in [3.05, 3.63) is 23.3 Å². The Morgan fingerprint density at radius 1 is 1.62 bits per heavy atom. The normalized spacial score (nSPS) is 10.0. The molecular formula is C9H10ClNO2. The minimum absolute atomic E-state index is 0.0719. The fourth-order valence-corrected chi connectivity index (χ4v) is 1.27. The standard InChI is InChI=1S/C9H10ClNO2/c1-5-6(11)2-3-7(12)9(5)8(13)4-10/h2-3,12H,4,11H2,1H3. The monoisotopic (exact) mass is 199 g/mol. The Balaban J connectivity index is 3.33. The maximum atomic E-state index is 11.3. The molecule has 0 bridgehead atoms. The lowest BCUT2D eigenvalue weighted by Crippen LogP contribution is -2.05. The van der Waals surface area contributed by atoms with E-state index in [2.05, 4.69) is 0 Å². The molecule has 0 unspecified atom stereocenters. The number of carbonyl (C=O) groups is 1. The SMILES string of the molecule is Cc1c(N)ccc(O)c1C(=O)CCl. The number of anilines is 1. The van der Waals surface area contributed by atoms with Crippen LogP contribution in [0.1, 0.15) is 15.9 Å². The van der Waals surface area contributed by atoms with Crippen molar-refractivity contribution in [1.82, 2.24) is 0 Å². The molecule has 0 aliphatic rings. The number of alkyl halides is 1. The zero-order valence-corrected chi connectivity index (χ0v) is 7.93. The number of phenolic OH excluding ortho intramolecular Hbond substituents is 1. The highest BCUT2D eigenvalue weighted by atomic mass is 35.5. The molecule has 0 saturated carbocycles. The molecular weight excluding hydrogens is 190 g/mol. The minimum Gasteiger partial charge on any atom is -0.507 e. The van der Waals surface area contributed by atoms with Gasteiger partial charge in [-0.15, -0.1) is 11.6 Å². The second-order valence-electron chi connectivity index (χ2n) is 2.73. The van der Waals surface area contributed by atoms with Gasteiger partial charge in [0, 0.05) is 5.69 Å². The highest BCUT2D eigenvalue weighted by molar-refractivity contribution is 6.31. The fourth-order valence-electron chi connectivity index (χ4n) is 1.13. The molecule has 13 heavy (non-hydrogen) atoms. The van der Waals surface area contributed by atoms with Gasteiger partial charge in [-0.3, -0.25) is 4.79 Å². The van der Waals surface area contributed by atoms with E-state index in [9.17, 15) is 9.90 Å². The van der Waals surface area contributed by atoms with E-state index in [0.29, 0.717) is 11.3 Å². The predicted octanol–water partition coefficient (Wildman–Crippen LogP) is 1.70. The number of hydrogen-bond donors (Lipinski definition) is 2. The fraction of sp³-hybridized carbons (Fsp3) is 0.222. The molecule has 0 spiro atoms. The summed E-state index contributed by atoms with van der Waals surface area (Å²) >= 11 is 5.38. The van der Waals surface area contributed by atoms with Crippen LogP contribution in [0.3, 0.4) is 0 Å². The number of Topliss-reactive ketones (excluding diaryl/α,β-unsaturated/α-hetero) is 1. The second kappa shape index (κ2) is 3.66. The third-order valence-electron chi connectivity index (χ3n) is 1.89. The van der Waals surface area contributed by atoms with Crippen LogP contribution in [-0.4, -0.2) is 16.8 Å². The zero-order valence-electron chi connectivity index (χ0n) is 7.17. The van der Waals surface area contributed by atoms with Gasteiger partial charge in [-0.05, 0) is 24.6 Å². The number of nitrogen functional groups attached to an aromatic ring is 1. The Kier molecular flexibility index (Phi) is 2.78. The van der Waals surface area contributed by atoms with E-state index in [1.807, 2.05) is 0 Å². The molecule has 3 nitrogen and oxygen atoms in total. The number of aromatic hydroxyl groups is 1. The first-order valence-electron chi connectivity index (χ1n) is 3.75. The van der Waals surface area contributed by atoms with E-state index >= 15 is 0 Å². The number of halogens is 1. The van der Waals surface area contributed by atoms with Crippen molar-refractivity contribution in [2.24, 2.45) is 0 Å². The first-order valence-corrected chi connectivity index (χ1v) is 4.28. The van der Waals surface area contributed by atoms with Gasteiger partial charge < -0.3 is 10.8 Å². The Hall–Kier alpha value is -1.22. The predicted molar refractivity (Wildman–Crippen MR) is 52.3 cm³/mol. The summed E-state index contributed by atoms with van der Waals surface area (Å²) in [4.78, 5) is 11.3. The maximum absolute atomic E-state index is 11.3. The molecule has 1 aromatic carbocycles. The van der Waals surface area contributed by atoms with Crippen molar-refractivity contribution in [3.63, 3.8) is 0 Å². The quantitative estimate of drug-likeness (QED) is 0.330. The molecule has 0 heterocycles. The van der Waals surface area contributed by atoms with Gasteiger partial charge in [0.25, 0.3) is 0 Å². The van der Waals surface area contributed by atoms with E-state index in [0.717, 1.165) is 0 Å². The molecule has 0 aliphatic heterocycles. The van der Waals surface area contributed by atoms with Gasteiger partial charge >= 0.3 is 0 Å². The van der Waals surface area contributed by atoms with Gasteiger partial charge in [0.2, 0.25) is 0 Å². The summed E-state index contributed by atoms with van der Waals surface area (Å²) < 4.78 is 0. The smallest absolute Gasteiger partial charge is 0.181 e.